The lowest BCUT2D eigenvalue weighted by atomic mass is 9.77. The maximum atomic E-state index is 13.9. The minimum absolute atomic E-state index is 0.0278. The van der Waals surface area contributed by atoms with Gasteiger partial charge in [-0.3, -0.25) is 14.5 Å². The second kappa shape index (κ2) is 9.21. The van der Waals surface area contributed by atoms with Crippen LogP contribution in [0.2, 0.25) is 0 Å². The number of Topliss-reactive ketones (excluding diaryl/α,β-unsaturated/α-hetero) is 1. The largest absolute Gasteiger partial charge is 0.489 e. The molecular formula is C28H23F2NO3. The standard InChI is InChI=1S/C28H23F2NO3/c29-20-6-3-7-21(15-20)31-25-9-4-10-26(32)28(25)23(16-27(31)33)18-11-13-22(14-12-18)34-17-19-5-1-2-8-24(19)30/h1-3,5-8,11-15,23H,4,9-10,16-17H2. The molecule has 3 aromatic rings. The molecule has 0 saturated heterocycles. The predicted octanol–water partition coefficient (Wildman–Crippen LogP) is 6.07. The number of nitrogens with zero attached hydrogens (tertiary/aromatic N) is 1. The normalized spacial score (nSPS) is 18.2. The van der Waals surface area contributed by atoms with Crippen molar-refractivity contribution in [2.24, 2.45) is 0 Å². The first kappa shape index (κ1) is 22.0. The number of ether oxygens (including phenoxy) is 1. The highest BCUT2D eigenvalue weighted by Crippen LogP contribution is 2.43. The first-order chi connectivity index (χ1) is 16.5. The van der Waals surface area contributed by atoms with Crippen molar-refractivity contribution < 1.29 is 23.1 Å². The molecule has 0 saturated carbocycles. The van der Waals surface area contributed by atoms with Crippen molar-refractivity contribution in [3.05, 3.63) is 107 Å². The molecule has 4 nitrogen and oxygen atoms in total. The summed E-state index contributed by atoms with van der Waals surface area (Å²) in [5.41, 5.74) is 3.05. The summed E-state index contributed by atoms with van der Waals surface area (Å²) >= 11 is 0. The van der Waals surface area contributed by atoms with Gasteiger partial charge in [0, 0.05) is 35.6 Å². The Hall–Kier alpha value is -3.80. The maximum Gasteiger partial charge on any atom is 0.232 e. The van der Waals surface area contributed by atoms with E-state index >= 15 is 0 Å². The van der Waals surface area contributed by atoms with Crippen LogP contribution in [-0.4, -0.2) is 11.7 Å². The van der Waals surface area contributed by atoms with E-state index in [0.717, 1.165) is 5.56 Å². The third-order valence-electron chi connectivity index (χ3n) is 6.38. The third-order valence-corrected chi connectivity index (χ3v) is 6.38. The first-order valence-electron chi connectivity index (χ1n) is 11.3. The van der Waals surface area contributed by atoms with Gasteiger partial charge in [0.15, 0.2) is 5.78 Å². The van der Waals surface area contributed by atoms with E-state index in [1.54, 1.807) is 42.5 Å². The lowest BCUT2D eigenvalue weighted by Crippen LogP contribution is -2.40. The molecule has 6 heteroatoms. The number of hydrogen-bond acceptors (Lipinski definition) is 3. The third kappa shape index (κ3) is 4.23. The number of ketones is 1. The zero-order valence-corrected chi connectivity index (χ0v) is 18.5. The van der Waals surface area contributed by atoms with Gasteiger partial charge >= 0.3 is 0 Å². The number of halogens is 2. The van der Waals surface area contributed by atoms with Crippen molar-refractivity contribution in [2.45, 2.75) is 38.2 Å². The number of carbonyl (C=O) groups is 2. The summed E-state index contributed by atoms with van der Waals surface area (Å²) in [5, 5.41) is 0. The molecule has 0 spiro atoms. The zero-order chi connectivity index (χ0) is 23.7. The van der Waals surface area contributed by atoms with Crippen molar-refractivity contribution in [2.75, 3.05) is 4.90 Å². The average molecular weight is 459 g/mol. The smallest absolute Gasteiger partial charge is 0.232 e. The second-order valence-corrected chi connectivity index (χ2v) is 8.55. The van der Waals surface area contributed by atoms with E-state index in [1.165, 1.54) is 23.1 Å². The lowest BCUT2D eigenvalue weighted by Gasteiger charge is -2.38. The van der Waals surface area contributed by atoms with Crippen molar-refractivity contribution in [1.82, 2.24) is 0 Å². The Morgan fingerprint density at radius 2 is 1.71 bits per heavy atom. The van der Waals surface area contributed by atoms with Crippen LogP contribution in [0.25, 0.3) is 0 Å². The summed E-state index contributed by atoms with van der Waals surface area (Å²) in [6.45, 7) is 0.102. The van der Waals surface area contributed by atoms with Gasteiger partial charge in [-0.05, 0) is 54.8 Å². The molecule has 34 heavy (non-hydrogen) atoms. The van der Waals surface area contributed by atoms with Crippen molar-refractivity contribution in [3.8, 4) is 5.75 Å². The van der Waals surface area contributed by atoms with Crippen LogP contribution in [0.15, 0.2) is 84.1 Å². The fraction of sp³-hybridized carbons (Fsp3) is 0.214. The van der Waals surface area contributed by atoms with E-state index in [2.05, 4.69) is 0 Å². The number of benzene rings is 3. The SMILES string of the molecule is O=C1CCCC2=C1C(c1ccc(OCc3ccccc3F)cc1)CC(=O)N2c1cccc(F)c1. The summed E-state index contributed by atoms with van der Waals surface area (Å²) in [7, 11) is 0. The van der Waals surface area contributed by atoms with Gasteiger partial charge < -0.3 is 4.74 Å². The molecule has 1 aliphatic carbocycles. The van der Waals surface area contributed by atoms with Gasteiger partial charge in [0.1, 0.15) is 24.0 Å². The van der Waals surface area contributed by atoms with Gasteiger partial charge in [0.2, 0.25) is 5.91 Å². The molecule has 0 N–H and O–H groups in total. The maximum absolute atomic E-state index is 13.9. The van der Waals surface area contributed by atoms with E-state index in [4.69, 9.17) is 4.74 Å². The average Bonchev–Trinajstić information content (AvgIpc) is 2.83. The summed E-state index contributed by atoms with van der Waals surface area (Å²) in [6.07, 6.45) is 1.80. The highest BCUT2D eigenvalue weighted by Gasteiger charge is 2.39. The van der Waals surface area contributed by atoms with Crippen LogP contribution < -0.4 is 9.64 Å². The molecule has 1 heterocycles. The summed E-state index contributed by atoms with van der Waals surface area (Å²) in [4.78, 5) is 27.7. The fourth-order valence-corrected chi connectivity index (χ4v) is 4.77. The van der Waals surface area contributed by atoms with Gasteiger partial charge in [0.05, 0.1) is 5.69 Å². The Bertz CT molecular complexity index is 1280. The van der Waals surface area contributed by atoms with Gasteiger partial charge in [-0.1, -0.05) is 36.4 Å². The minimum Gasteiger partial charge on any atom is -0.489 e. The molecule has 1 atom stereocenters. The van der Waals surface area contributed by atoms with Crippen molar-refractivity contribution >= 4 is 17.4 Å². The van der Waals surface area contributed by atoms with Crippen LogP contribution in [-0.2, 0) is 16.2 Å². The molecule has 3 aromatic carbocycles. The Balaban J connectivity index is 1.43. The molecule has 0 radical (unpaired) electrons. The van der Waals surface area contributed by atoms with Crippen LogP contribution in [0.5, 0.6) is 5.75 Å². The highest BCUT2D eigenvalue weighted by molar-refractivity contribution is 6.07. The molecule has 1 amide bonds. The summed E-state index contributed by atoms with van der Waals surface area (Å²) in [6, 6.07) is 19.6. The second-order valence-electron chi connectivity index (χ2n) is 8.55. The molecule has 1 aliphatic heterocycles. The monoisotopic (exact) mass is 459 g/mol. The van der Waals surface area contributed by atoms with Gasteiger partial charge in [-0.2, -0.15) is 0 Å². The number of hydrogen-bond donors (Lipinski definition) is 0. The summed E-state index contributed by atoms with van der Waals surface area (Å²) < 4.78 is 33.4. The van der Waals surface area contributed by atoms with Crippen LogP contribution in [0.1, 0.15) is 42.7 Å². The quantitative estimate of drug-likeness (QED) is 0.465. The van der Waals surface area contributed by atoms with E-state index in [9.17, 15) is 18.4 Å². The van der Waals surface area contributed by atoms with Crippen LogP contribution in [0.4, 0.5) is 14.5 Å². The zero-order valence-electron chi connectivity index (χ0n) is 18.5. The topological polar surface area (TPSA) is 46.6 Å². The number of anilines is 1. The Morgan fingerprint density at radius 3 is 2.47 bits per heavy atom. The molecular weight excluding hydrogens is 436 g/mol. The molecule has 0 bridgehead atoms. The van der Waals surface area contributed by atoms with Crippen LogP contribution in [0, 0.1) is 11.6 Å². The fourth-order valence-electron chi connectivity index (χ4n) is 4.77. The molecule has 2 aliphatic rings. The van der Waals surface area contributed by atoms with Crippen LogP contribution >= 0.6 is 0 Å². The molecule has 172 valence electrons. The number of amides is 1. The minimum atomic E-state index is -0.428. The Labute approximate surface area is 196 Å². The first-order valence-corrected chi connectivity index (χ1v) is 11.3. The molecule has 0 fully saturated rings. The van der Waals surface area contributed by atoms with Crippen LogP contribution in [0.3, 0.4) is 0 Å². The van der Waals surface area contributed by atoms with E-state index < -0.39 is 5.82 Å². The van der Waals surface area contributed by atoms with E-state index in [0.29, 0.717) is 47.5 Å². The van der Waals surface area contributed by atoms with Gasteiger partial charge in [0.25, 0.3) is 0 Å². The lowest BCUT2D eigenvalue weighted by molar-refractivity contribution is -0.119. The highest BCUT2D eigenvalue weighted by atomic mass is 19.1. The van der Waals surface area contributed by atoms with Crippen molar-refractivity contribution in [1.29, 1.82) is 0 Å². The number of allylic oxidation sites excluding steroid dienone is 2. The molecule has 0 aromatic heterocycles. The summed E-state index contributed by atoms with van der Waals surface area (Å²) in [5.74, 6) is -0.676. The van der Waals surface area contributed by atoms with E-state index in [1.807, 2.05) is 12.1 Å². The predicted molar refractivity (Wildman–Crippen MR) is 124 cm³/mol. The van der Waals surface area contributed by atoms with Gasteiger partial charge in [-0.25, -0.2) is 8.78 Å². The van der Waals surface area contributed by atoms with E-state index in [-0.39, 0.29) is 36.5 Å². The Morgan fingerprint density at radius 1 is 0.912 bits per heavy atom. The Kier molecular flexibility index (Phi) is 5.97. The number of rotatable bonds is 5. The van der Waals surface area contributed by atoms with Gasteiger partial charge in [-0.15, -0.1) is 0 Å². The molecule has 5 rings (SSSR count). The molecule has 1 unspecified atom stereocenters. The van der Waals surface area contributed by atoms with Crippen molar-refractivity contribution in [3.63, 3.8) is 0 Å². The number of carbonyl (C=O) groups excluding carboxylic acids is 2.